The average Bonchev–Trinajstić information content (AvgIpc) is 3.91. The lowest BCUT2D eigenvalue weighted by molar-refractivity contribution is -0.689. The molecule has 1 fully saturated rings. The second-order valence-electron chi connectivity index (χ2n) is 15.0. The number of halogens is 2. The standard InChI is InChI=1S/C41H43F2N6O5S/c1-25-16-29(17-26(2)36(25)53-38(50)35-8-7-15-49(35)39(51)54-40(4,5)6)20-47-23-45-48(24-47)22-41(52,32-14-13-31(42)18-33(32)43)27(3)37-46-34(21-55-37)30-11-9-28(19-44)10-12-30/h9-14,16-18,21,23-24,27,35,52H,7-8,15,20,22H2,1-6H3/q+1/t27?,35-,41+/m0/s1. The molecule has 3 aromatic carbocycles. The summed E-state index contributed by atoms with van der Waals surface area (Å²) < 4.78 is 44.1. The summed E-state index contributed by atoms with van der Waals surface area (Å²) in [5, 5.41) is 28.4. The van der Waals surface area contributed by atoms with Crippen molar-refractivity contribution in [3.63, 3.8) is 0 Å². The number of nitrogens with zero attached hydrogens (tertiary/aromatic N) is 6. The largest absolute Gasteiger partial charge is 0.444 e. The van der Waals surface area contributed by atoms with Crippen LogP contribution in [0, 0.1) is 36.8 Å². The van der Waals surface area contributed by atoms with Crippen LogP contribution in [0.2, 0.25) is 0 Å². The molecule has 0 aliphatic carbocycles. The lowest BCUT2D eigenvalue weighted by atomic mass is 9.82. The molecule has 1 aliphatic heterocycles. The molecule has 3 atom stereocenters. The number of aromatic nitrogens is 4. The number of ether oxygens (including phenoxy) is 2. The predicted molar refractivity (Wildman–Crippen MR) is 200 cm³/mol. The van der Waals surface area contributed by atoms with Gasteiger partial charge in [0.1, 0.15) is 41.2 Å². The van der Waals surface area contributed by atoms with E-state index in [9.17, 15) is 19.1 Å². The molecule has 0 bridgehead atoms. The summed E-state index contributed by atoms with van der Waals surface area (Å²) in [6.07, 6.45) is 3.89. The highest BCUT2D eigenvalue weighted by atomic mass is 32.1. The van der Waals surface area contributed by atoms with Crippen LogP contribution in [0.15, 0.2) is 72.6 Å². The van der Waals surface area contributed by atoms with E-state index >= 15 is 4.39 Å². The Bertz CT molecular complexity index is 2240. The van der Waals surface area contributed by atoms with Crippen LogP contribution in [0.4, 0.5) is 13.6 Å². The number of hydrogen-bond acceptors (Lipinski definition) is 9. The van der Waals surface area contributed by atoms with Crippen LogP contribution >= 0.6 is 11.3 Å². The van der Waals surface area contributed by atoms with Crippen molar-refractivity contribution in [2.45, 2.75) is 90.6 Å². The molecule has 286 valence electrons. The minimum absolute atomic E-state index is 0.0956. The number of nitriles is 1. The fourth-order valence-electron chi connectivity index (χ4n) is 6.83. The van der Waals surface area contributed by atoms with E-state index in [2.05, 4.69) is 11.2 Å². The number of rotatable bonds is 10. The fourth-order valence-corrected chi connectivity index (χ4v) is 7.80. The molecule has 1 unspecified atom stereocenters. The lowest BCUT2D eigenvalue weighted by Gasteiger charge is -2.32. The third kappa shape index (κ3) is 8.74. The maximum atomic E-state index is 15.4. The minimum Gasteiger partial charge on any atom is -0.444 e. The SMILES string of the molecule is Cc1cc(C[n+]2cnn(C[C@](O)(c3ccc(F)cc3F)C(C)c3nc(-c4ccc(C#N)cc4)cs3)c2)cc(C)c1OC(=O)[C@@H]1CCCN1C(=O)OC(C)(C)C. The summed E-state index contributed by atoms with van der Waals surface area (Å²) in [5.41, 5.74) is 1.63. The Kier molecular flexibility index (Phi) is 11.2. The van der Waals surface area contributed by atoms with E-state index in [0.29, 0.717) is 47.9 Å². The van der Waals surface area contributed by atoms with Gasteiger partial charge in [-0.1, -0.05) is 25.1 Å². The predicted octanol–water partition coefficient (Wildman–Crippen LogP) is 7.11. The summed E-state index contributed by atoms with van der Waals surface area (Å²) in [5.74, 6) is -2.49. The Hall–Kier alpha value is -5.52. The number of carbonyl (C=O) groups excluding carboxylic acids is 2. The monoisotopic (exact) mass is 769 g/mol. The molecule has 14 heteroatoms. The quantitative estimate of drug-likeness (QED) is 0.0903. The van der Waals surface area contributed by atoms with Crippen LogP contribution in [0.5, 0.6) is 5.75 Å². The number of hydrogen-bond donors (Lipinski definition) is 1. The maximum absolute atomic E-state index is 15.4. The molecule has 5 aromatic rings. The number of amides is 1. The number of esters is 1. The van der Waals surface area contributed by atoms with E-state index in [1.807, 2.05) is 31.4 Å². The van der Waals surface area contributed by atoms with Gasteiger partial charge in [-0.25, -0.2) is 27.9 Å². The summed E-state index contributed by atoms with van der Waals surface area (Å²) in [6, 6.07) is 15.2. The number of likely N-dealkylation sites (tertiary alicyclic amines) is 1. The van der Waals surface area contributed by atoms with E-state index in [-0.39, 0.29) is 12.1 Å². The van der Waals surface area contributed by atoms with Crippen LogP contribution in [0.1, 0.15) is 79.3 Å². The minimum atomic E-state index is -1.89. The van der Waals surface area contributed by atoms with Crippen molar-refractivity contribution >= 4 is 23.4 Å². The Morgan fingerprint density at radius 3 is 2.47 bits per heavy atom. The van der Waals surface area contributed by atoms with E-state index in [4.69, 9.17) is 19.7 Å². The highest BCUT2D eigenvalue weighted by Gasteiger charge is 2.43. The van der Waals surface area contributed by atoms with Crippen molar-refractivity contribution in [3.05, 3.63) is 117 Å². The summed E-state index contributed by atoms with van der Waals surface area (Å²) in [4.78, 5) is 32.2. The van der Waals surface area contributed by atoms with E-state index < -0.39 is 46.9 Å². The van der Waals surface area contributed by atoms with Crippen molar-refractivity contribution in [1.82, 2.24) is 19.7 Å². The zero-order valence-electron chi connectivity index (χ0n) is 31.5. The molecule has 1 saturated heterocycles. The van der Waals surface area contributed by atoms with Gasteiger partial charge in [0, 0.05) is 40.1 Å². The van der Waals surface area contributed by atoms with Gasteiger partial charge in [0.25, 0.3) is 6.33 Å². The number of aryl methyl sites for hydroxylation is 2. The van der Waals surface area contributed by atoms with Gasteiger partial charge in [-0.3, -0.25) is 4.90 Å². The number of thiazole rings is 1. The lowest BCUT2D eigenvalue weighted by Crippen LogP contribution is -2.44. The number of carbonyl (C=O) groups is 2. The van der Waals surface area contributed by atoms with Gasteiger partial charge in [-0.2, -0.15) is 5.26 Å². The summed E-state index contributed by atoms with van der Waals surface area (Å²) >= 11 is 1.31. The number of benzene rings is 3. The van der Waals surface area contributed by atoms with Crippen LogP contribution in [-0.4, -0.2) is 55.0 Å². The van der Waals surface area contributed by atoms with Crippen molar-refractivity contribution < 1.29 is 37.5 Å². The third-order valence-electron chi connectivity index (χ3n) is 9.59. The third-order valence-corrected chi connectivity index (χ3v) is 10.6. The van der Waals surface area contributed by atoms with Gasteiger partial charge in [0.15, 0.2) is 0 Å². The molecule has 0 saturated carbocycles. The van der Waals surface area contributed by atoms with Gasteiger partial charge in [-0.05, 0) is 94.5 Å². The smallest absolute Gasteiger partial charge is 0.411 e. The van der Waals surface area contributed by atoms with Gasteiger partial charge >= 0.3 is 12.1 Å². The Morgan fingerprint density at radius 2 is 1.82 bits per heavy atom. The van der Waals surface area contributed by atoms with Crippen molar-refractivity contribution in [2.75, 3.05) is 6.54 Å². The maximum Gasteiger partial charge on any atom is 0.411 e. The highest BCUT2D eigenvalue weighted by molar-refractivity contribution is 7.10. The first-order valence-electron chi connectivity index (χ1n) is 17.9. The zero-order chi connectivity index (χ0) is 39.7. The van der Waals surface area contributed by atoms with Crippen LogP contribution in [0.25, 0.3) is 11.3 Å². The Morgan fingerprint density at radius 1 is 1.11 bits per heavy atom. The average molecular weight is 770 g/mol. The van der Waals surface area contributed by atoms with Gasteiger partial charge in [0.05, 0.1) is 28.9 Å². The van der Waals surface area contributed by atoms with E-state index in [0.717, 1.165) is 34.4 Å². The second kappa shape index (κ2) is 15.7. The molecule has 1 aliphatic rings. The van der Waals surface area contributed by atoms with Crippen LogP contribution in [0.3, 0.4) is 0 Å². The molecule has 0 radical (unpaired) electrons. The highest BCUT2D eigenvalue weighted by Crippen LogP contribution is 2.41. The first-order chi connectivity index (χ1) is 26.0. The van der Waals surface area contributed by atoms with Gasteiger partial charge in [0.2, 0.25) is 6.33 Å². The molecule has 0 spiro atoms. The molecule has 1 amide bonds. The van der Waals surface area contributed by atoms with E-state index in [1.165, 1.54) is 27.0 Å². The summed E-state index contributed by atoms with van der Waals surface area (Å²) in [7, 11) is 0. The molecular formula is C41H43F2N6O5S+. The summed E-state index contributed by atoms with van der Waals surface area (Å²) in [6.45, 7) is 11.4. The Labute approximate surface area is 322 Å². The molecular weight excluding hydrogens is 727 g/mol. The van der Waals surface area contributed by atoms with E-state index in [1.54, 1.807) is 69.2 Å². The first-order valence-corrected chi connectivity index (χ1v) is 18.8. The zero-order valence-corrected chi connectivity index (χ0v) is 32.4. The van der Waals surface area contributed by atoms with Crippen molar-refractivity contribution in [1.29, 1.82) is 5.26 Å². The molecule has 1 N–H and O–H groups in total. The first kappa shape index (κ1) is 39.2. The van der Waals surface area contributed by atoms with Gasteiger partial charge < -0.3 is 14.6 Å². The second-order valence-corrected chi connectivity index (χ2v) is 15.8. The molecule has 6 rings (SSSR count). The van der Waals surface area contributed by atoms with Gasteiger partial charge in [-0.15, -0.1) is 16.0 Å². The van der Waals surface area contributed by atoms with Crippen molar-refractivity contribution in [3.8, 4) is 23.1 Å². The van der Waals surface area contributed by atoms with Crippen molar-refractivity contribution in [2.24, 2.45) is 0 Å². The van der Waals surface area contributed by atoms with Crippen LogP contribution in [-0.2, 0) is 28.2 Å². The Balaban J connectivity index is 1.19. The fraction of sp³-hybridized carbons (Fsp3) is 0.366. The topological polar surface area (TPSA) is 134 Å². The number of aliphatic hydroxyl groups is 1. The molecule has 3 heterocycles. The van der Waals surface area contributed by atoms with Crippen LogP contribution < -0.4 is 9.30 Å². The molecule has 2 aromatic heterocycles. The molecule has 55 heavy (non-hydrogen) atoms. The normalized spacial score (nSPS) is 16.0. The molecule has 11 nitrogen and oxygen atoms in total.